The van der Waals surface area contributed by atoms with Crippen molar-refractivity contribution < 1.29 is 13.2 Å². The number of piperidine rings is 1. The van der Waals surface area contributed by atoms with E-state index in [2.05, 4.69) is 15.3 Å². The highest BCUT2D eigenvalue weighted by atomic mass is 32.2. The van der Waals surface area contributed by atoms with Crippen molar-refractivity contribution in [3.05, 3.63) is 24.3 Å². The molecule has 0 aromatic carbocycles. The number of sulfonamides is 1. The molecule has 4 rings (SSSR count). The second-order valence-electron chi connectivity index (χ2n) is 7.16. The van der Waals surface area contributed by atoms with E-state index in [4.69, 9.17) is 0 Å². The molecule has 1 aromatic rings. The molecule has 7 nitrogen and oxygen atoms in total. The van der Waals surface area contributed by atoms with Crippen molar-refractivity contribution in [1.82, 2.24) is 19.6 Å². The summed E-state index contributed by atoms with van der Waals surface area (Å²) in [4.78, 5) is 20.2. The van der Waals surface area contributed by atoms with Crippen LogP contribution in [0.15, 0.2) is 18.6 Å². The second-order valence-corrected chi connectivity index (χ2v) is 9.37. The number of rotatable bonds is 4. The van der Waals surface area contributed by atoms with Crippen molar-refractivity contribution in [2.75, 3.05) is 13.1 Å². The van der Waals surface area contributed by atoms with Crippen LogP contribution in [0.3, 0.4) is 0 Å². The highest BCUT2D eigenvalue weighted by molar-refractivity contribution is 7.90. The summed E-state index contributed by atoms with van der Waals surface area (Å²) < 4.78 is 26.4. The molecule has 3 aliphatic rings. The standard InChI is InChI=1S/C16H22N4O3S/c21-15(13-11-17-7-8-18-13)19-14-3-4-16(14)5-9-20(10-6-16)24(22,23)12-1-2-12/h7-8,11-12,14H,1-6,9-10H2,(H,19,21)/t14-/m1/s1. The molecule has 1 aromatic heterocycles. The van der Waals surface area contributed by atoms with Gasteiger partial charge in [-0.3, -0.25) is 9.78 Å². The van der Waals surface area contributed by atoms with Gasteiger partial charge in [-0.15, -0.1) is 0 Å². The zero-order valence-electron chi connectivity index (χ0n) is 13.5. The summed E-state index contributed by atoms with van der Waals surface area (Å²) in [7, 11) is -3.08. The first kappa shape index (κ1) is 16.0. The molecule has 2 saturated carbocycles. The monoisotopic (exact) mass is 350 g/mol. The van der Waals surface area contributed by atoms with Crippen LogP contribution in [-0.2, 0) is 10.0 Å². The summed E-state index contributed by atoms with van der Waals surface area (Å²) in [6, 6.07) is 0.109. The molecule has 1 atom stereocenters. The average molecular weight is 350 g/mol. The fraction of sp³-hybridized carbons (Fsp3) is 0.688. The zero-order valence-corrected chi connectivity index (χ0v) is 14.3. The SMILES string of the molecule is O=C(N[C@@H]1CCC12CCN(S(=O)(=O)C1CC1)CC2)c1cnccn1. The van der Waals surface area contributed by atoms with Crippen molar-refractivity contribution in [3.8, 4) is 0 Å². The largest absolute Gasteiger partial charge is 0.347 e. The van der Waals surface area contributed by atoms with E-state index in [1.165, 1.54) is 18.6 Å². The van der Waals surface area contributed by atoms with E-state index < -0.39 is 10.0 Å². The van der Waals surface area contributed by atoms with Crippen molar-refractivity contribution in [2.45, 2.75) is 49.8 Å². The van der Waals surface area contributed by atoms with Gasteiger partial charge >= 0.3 is 0 Å². The molecule has 1 spiro atoms. The first-order chi connectivity index (χ1) is 11.5. The molecule has 0 radical (unpaired) electrons. The van der Waals surface area contributed by atoms with Crippen LogP contribution < -0.4 is 5.32 Å². The minimum absolute atomic E-state index is 0.0490. The molecule has 0 bridgehead atoms. The topological polar surface area (TPSA) is 92.3 Å². The Hall–Kier alpha value is -1.54. The fourth-order valence-corrected chi connectivity index (χ4v) is 5.78. The Morgan fingerprint density at radius 3 is 2.46 bits per heavy atom. The van der Waals surface area contributed by atoms with Gasteiger partial charge < -0.3 is 5.32 Å². The van der Waals surface area contributed by atoms with Crippen molar-refractivity contribution >= 4 is 15.9 Å². The summed E-state index contributed by atoms with van der Waals surface area (Å²) in [6.07, 6.45) is 9.77. The molecular formula is C16H22N4O3S. The van der Waals surface area contributed by atoms with Gasteiger partial charge in [0.15, 0.2) is 0 Å². The molecule has 1 saturated heterocycles. The van der Waals surface area contributed by atoms with Crippen molar-refractivity contribution in [1.29, 1.82) is 0 Å². The lowest BCUT2D eigenvalue weighted by Crippen LogP contribution is -2.59. The number of nitrogens with zero attached hydrogens (tertiary/aromatic N) is 3. The van der Waals surface area contributed by atoms with Crippen LogP contribution in [0.4, 0.5) is 0 Å². The lowest BCUT2D eigenvalue weighted by molar-refractivity contribution is 0.0124. The third-order valence-electron chi connectivity index (χ3n) is 5.79. The summed E-state index contributed by atoms with van der Waals surface area (Å²) in [5, 5.41) is 2.93. The van der Waals surface area contributed by atoms with E-state index in [1.807, 2.05) is 0 Å². The second kappa shape index (κ2) is 5.77. The number of aromatic nitrogens is 2. The normalized spacial score (nSPS) is 26.8. The van der Waals surface area contributed by atoms with E-state index in [0.29, 0.717) is 18.8 Å². The number of nitrogens with one attached hydrogen (secondary N) is 1. The summed E-state index contributed by atoms with van der Waals surface area (Å²) in [5.74, 6) is -0.194. The number of amides is 1. The van der Waals surface area contributed by atoms with Gasteiger partial charge in [-0.25, -0.2) is 17.7 Å². The first-order valence-electron chi connectivity index (χ1n) is 8.57. The summed E-state index contributed by atoms with van der Waals surface area (Å²) in [5.41, 5.74) is 0.376. The zero-order chi connectivity index (χ0) is 16.8. The number of carbonyl (C=O) groups excluding carboxylic acids is 1. The van der Waals surface area contributed by atoms with Gasteiger partial charge in [0.1, 0.15) is 5.69 Å². The molecular weight excluding hydrogens is 328 g/mol. The maximum atomic E-state index is 12.4. The third-order valence-corrected chi connectivity index (χ3v) is 8.19. The lowest BCUT2D eigenvalue weighted by Gasteiger charge is -2.53. The first-order valence-corrected chi connectivity index (χ1v) is 10.1. The average Bonchev–Trinajstić information content (AvgIpc) is 3.45. The van der Waals surface area contributed by atoms with Gasteiger partial charge in [-0.1, -0.05) is 0 Å². The molecule has 0 unspecified atom stereocenters. The van der Waals surface area contributed by atoms with Gasteiger partial charge in [0.25, 0.3) is 5.91 Å². The number of hydrogen-bond acceptors (Lipinski definition) is 5. The predicted octanol–water partition coefficient (Wildman–Crippen LogP) is 0.943. The Morgan fingerprint density at radius 2 is 1.92 bits per heavy atom. The van der Waals surface area contributed by atoms with Crippen LogP contribution in [-0.4, -0.2) is 53.0 Å². The number of carbonyl (C=O) groups is 1. The van der Waals surface area contributed by atoms with E-state index in [9.17, 15) is 13.2 Å². The van der Waals surface area contributed by atoms with Gasteiger partial charge in [0.05, 0.1) is 11.4 Å². The van der Waals surface area contributed by atoms with Gasteiger partial charge in [0.2, 0.25) is 10.0 Å². The van der Waals surface area contributed by atoms with Crippen LogP contribution in [0.2, 0.25) is 0 Å². The smallest absolute Gasteiger partial charge is 0.271 e. The molecule has 8 heteroatoms. The highest BCUT2D eigenvalue weighted by Gasteiger charge is 2.51. The predicted molar refractivity (Wildman–Crippen MR) is 87.7 cm³/mol. The van der Waals surface area contributed by atoms with Crippen LogP contribution in [0, 0.1) is 5.41 Å². The fourth-order valence-electron chi connectivity index (χ4n) is 3.93. The van der Waals surface area contributed by atoms with Gasteiger partial charge in [-0.05, 0) is 43.9 Å². The van der Waals surface area contributed by atoms with Crippen molar-refractivity contribution in [3.63, 3.8) is 0 Å². The molecule has 2 aliphatic carbocycles. The Balaban J connectivity index is 1.38. The minimum atomic E-state index is -3.08. The van der Waals surface area contributed by atoms with E-state index in [1.54, 1.807) is 4.31 Å². The molecule has 2 heterocycles. The lowest BCUT2D eigenvalue weighted by atomic mass is 9.59. The quantitative estimate of drug-likeness (QED) is 0.872. The molecule has 1 N–H and O–H groups in total. The van der Waals surface area contributed by atoms with Gasteiger partial charge in [-0.2, -0.15) is 0 Å². The minimum Gasteiger partial charge on any atom is -0.347 e. The summed E-state index contributed by atoms with van der Waals surface area (Å²) >= 11 is 0. The Bertz CT molecular complexity index is 725. The van der Waals surface area contributed by atoms with Crippen LogP contribution >= 0.6 is 0 Å². The van der Waals surface area contributed by atoms with Crippen LogP contribution in [0.5, 0.6) is 0 Å². The molecule has 130 valence electrons. The van der Waals surface area contributed by atoms with E-state index in [0.717, 1.165) is 38.5 Å². The number of hydrogen-bond donors (Lipinski definition) is 1. The van der Waals surface area contributed by atoms with Crippen LogP contribution in [0.1, 0.15) is 49.0 Å². The summed E-state index contributed by atoms with van der Waals surface area (Å²) in [6.45, 7) is 1.16. The highest BCUT2D eigenvalue weighted by Crippen LogP contribution is 2.50. The Morgan fingerprint density at radius 1 is 1.17 bits per heavy atom. The molecule has 1 amide bonds. The Kier molecular flexibility index (Phi) is 3.84. The third kappa shape index (κ3) is 2.71. The maximum absolute atomic E-state index is 12.4. The molecule has 24 heavy (non-hydrogen) atoms. The van der Waals surface area contributed by atoms with Gasteiger partial charge in [0, 0.05) is 31.5 Å². The van der Waals surface area contributed by atoms with Crippen molar-refractivity contribution in [2.24, 2.45) is 5.41 Å². The van der Waals surface area contributed by atoms with Crippen LogP contribution in [0.25, 0.3) is 0 Å². The Labute approximate surface area is 141 Å². The maximum Gasteiger partial charge on any atom is 0.271 e. The molecule has 3 fully saturated rings. The molecule has 1 aliphatic heterocycles. The van der Waals surface area contributed by atoms with E-state index >= 15 is 0 Å². The van der Waals surface area contributed by atoms with E-state index in [-0.39, 0.29) is 22.6 Å².